The Hall–Kier alpha value is -0.0400. The summed E-state index contributed by atoms with van der Waals surface area (Å²) in [7, 11) is 1.98. The second kappa shape index (κ2) is 2.53. The molecule has 1 heteroatoms. The van der Waals surface area contributed by atoms with Gasteiger partial charge in [-0.2, -0.15) is 0 Å². The molecule has 0 atom stereocenters. The number of hydrogen-bond acceptors (Lipinski definition) is 1. The van der Waals surface area contributed by atoms with Crippen LogP contribution < -0.4 is 0 Å². The minimum absolute atomic E-state index is 0.341. The lowest BCUT2D eigenvalue weighted by molar-refractivity contribution is -0.262. The molecule has 0 saturated heterocycles. The first-order chi connectivity index (χ1) is 7.80. The Labute approximate surface area is 97.9 Å². The molecule has 88 valence electrons. The van der Waals surface area contributed by atoms with Crippen LogP contribution >= 0.6 is 0 Å². The summed E-state index contributed by atoms with van der Waals surface area (Å²) in [5, 5.41) is 0. The van der Waals surface area contributed by atoms with Gasteiger partial charge in [-0.15, -0.1) is 0 Å². The van der Waals surface area contributed by atoms with Gasteiger partial charge in [0.15, 0.2) is 0 Å². The van der Waals surface area contributed by atoms with Crippen molar-refractivity contribution in [3.8, 4) is 0 Å². The van der Waals surface area contributed by atoms with Crippen LogP contribution in [0.2, 0.25) is 0 Å². The highest BCUT2D eigenvalue weighted by atomic mass is 16.5. The van der Waals surface area contributed by atoms with E-state index < -0.39 is 0 Å². The molecule has 16 heavy (non-hydrogen) atoms. The summed E-state index contributed by atoms with van der Waals surface area (Å²) in [6.45, 7) is 0. The average Bonchev–Trinajstić information content (AvgIpc) is 2.35. The van der Waals surface area contributed by atoms with Crippen molar-refractivity contribution >= 4 is 0 Å². The summed E-state index contributed by atoms with van der Waals surface area (Å²) in [5.41, 5.74) is 0.341. The molecule has 0 amide bonds. The highest BCUT2D eigenvalue weighted by Crippen LogP contribution is 2.72. The first kappa shape index (κ1) is 8.97. The van der Waals surface area contributed by atoms with Gasteiger partial charge in [-0.25, -0.2) is 0 Å². The van der Waals surface area contributed by atoms with Crippen molar-refractivity contribution in [2.24, 2.45) is 41.4 Å². The number of methoxy groups -OCH3 is 1. The van der Waals surface area contributed by atoms with Gasteiger partial charge >= 0.3 is 0 Å². The smallest absolute Gasteiger partial charge is 0.0687 e. The standard InChI is InChI=1S/C15H22O/c1-16-15-5-12-9-2-8-3-10(12)14(7-15)11(4-8)13(9)6-15/h8-14H,2-7H2,1H3. The van der Waals surface area contributed by atoms with Crippen molar-refractivity contribution in [3.05, 3.63) is 0 Å². The summed E-state index contributed by atoms with van der Waals surface area (Å²) in [6, 6.07) is 0. The zero-order valence-corrected chi connectivity index (χ0v) is 10.2. The topological polar surface area (TPSA) is 9.23 Å². The average molecular weight is 218 g/mol. The summed E-state index contributed by atoms with van der Waals surface area (Å²) in [6.07, 6.45) is 9.04. The largest absolute Gasteiger partial charge is 0.378 e. The van der Waals surface area contributed by atoms with Gasteiger partial charge < -0.3 is 4.74 Å². The molecule has 1 nitrogen and oxygen atoms in total. The molecule has 0 N–H and O–H groups in total. The SMILES string of the molecule is COC12CC3C4CC5CC3C(C1)C(C5)C4C2. The van der Waals surface area contributed by atoms with E-state index in [0.717, 1.165) is 41.4 Å². The fourth-order valence-electron chi connectivity index (χ4n) is 7.09. The molecular formula is C15H22O. The van der Waals surface area contributed by atoms with Gasteiger partial charge in [0, 0.05) is 7.11 Å². The van der Waals surface area contributed by atoms with Gasteiger partial charge in [0.1, 0.15) is 0 Å². The van der Waals surface area contributed by atoms with E-state index in [9.17, 15) is 0 Å². The molecule has 0 aromatic carbocycles. The molecule has 7 saturated carbocycles. The Morgan fingerprint density at radius 1 is 0.750 bits per heavy atom. The second-order valence-corrected chi connectivity index (χ2v) is 7.56. The van der Waals surface area contributed by atoms with E-state index in [1.54, 1.807) is 19.3 Å². The van der Waals surface area contributed by atoms with Crippen molar-refractivity contribution in [2.45, 2.75) is 44.1 Å². The van der Waals surface area contributed by atoms with Crippen LogP contribution in [0.3, 0.4) is 0 Å². The van der Waals surface area contributed by atoms with E-state index in [2.05, 4.69) is 0 Å². The van der Waals surface area contributed by atoms with Crippen LogP contribution in [0.1, 0.15) is 38.5 Å². The first-order valence-electron chi connectivity index (χ1n) is 7.35. The van der Waals surface area contributed by atoms with Gasteiger partial charge in [-0.1, -0.05) is 0 Å². The van der Waals surface area contributed by atoms with E-state index >= 15 is 0 Å². The van der Waals surface area contributed by atoms with Crippen molar-refractivity contribution in [2.75, 3.05) is 7.11 Å². The van der Waals surface area contributed by atoms with Crippen LogP contribution in [0.15, 0.2) is 0 Å². The van der Waals surface area contributed by atoms with E-state index in [0.29, 0.717) is 5.60 Å². The Balaban J connectivity index is 1.65. The lowest BCUT2D eigenvalue weighted by Gasteiger charge is -2.72. The van der Waals surface area contributed by atoms with Gasteiger partial charge in [0.05, 0.1) is 5.60 Å². The predicted octanol–water partition coefficient (Wildman–Crippen LogP) is 3.09. The minimum atomic E-state index is 0.341. The number of rotatable bonds is 1. The molecule has 7 fully saturated rings. The van der Waals surface area contributed by atoms with Crippen LogP contribution in [0.5, 0.6) is 0 Å². The second-order valence-electron chi connectivity index (χ2n) is 7.56. The maximum Gasteiger partial charge on any atom is 0.0687 e. The molecule has 0 heterocycles. The summed E-state index contributed by atoms with van der Waals surface area (Å²) >= 11 is 0. The summed E-state index contributed by atoms with van der Waals surface area (Å²) in [4.78, 5) is 0. The van der Waals surface area contributed by atoms with Crippen LogP contribution in [-0.4, -0.2) is 12.7 Å². The maximum absolute atomic E-state index is 5.98. The van der Waals surface area contributed by atoms with Gasteiger partial charge in [0.2, 0.25) is 0 Å². The Bertz CT molecular complexity index is 287. The molecule has 0 unspecified atom stereocenters. The Kier molecular flexibility index (Phi) is 1.42. The van der Waals surface area contributed by atoms with E-state index in [1.807, 2.05) is 7.11 Å². The first-order valence-corrected chi connectivity index (χ1v) is 7.35. The van der Waals surface area contributed by atoms with E-state index in [4.69, 9.17) is 4.74 Å². The predicted molar refractivity (Wildman–Crippen MR) is 61.9 cm³/mol. The zero-order chi connectivity index (χ0) is 10.5. The van der Waals surface area contributed by atoms with Crippen molar-refractivity contribution in [3.63, 3.8) is 0 Å². The third-order valence-corrected chi connectivity index (χ3v) is 7.37. The molecule has 7 aliphatic carbocycles. The number of hydrogen-bond donors (Lipinski definition) is 0. The van der Waals surface area contributed by atoms with Crippen molar-refractivity contribution < 1.29 is 4.74 Å². The van der Waals surface area contributed by atoms with Gasteiger partial charge in [-0.3, -0.25) is 0 Å². The molecule has 0 aromatic rings. The molecule has 0 radical (unpaired) electrons. The zero-order valence-electron chi connectivity index (χ0n) is 10.2. The van der Waals surface area contributed by atoms with Gasteiger partial charge in [0.25, 0.3) is 0 Å². The molecular weight excluding hydrogens is 196 g/mol. The normalized spacial score (nSPS) is 69.2. The third-order valence-electron chi connectivity index (χ3n) is 7.37. The molecule has 0 spiro atoms. The van der Waals surface area contributed by atoms with E-state index in [-0.39, 0.29) is 0 Å². The minimum Gasteiger partial charge on any atom is -0.378 e. The fourth-order valence-corrected chi connectivity index (χ4v) is 7.09. The monoisotopic (exact) mass is 218 g/mol. The Morgan fingerprint density at radius 3 is 1.56 bits per heavy atom. The maximum atomic E-state index is 5.98. The van der Waals surface area contributed by atoms with Crippen LogP contribution in [-0.2, 0) is 4.74 Å². The molecule has 0 aromatic heterocycles. The molecule has 0 aliphatic heterocycles. The Morgan fingerprint density at radius 2 is 1.19 bits per heavy atom. The van der Waals surface area contributed by atoms with Crippen LogP contribution in [0, 0.1) is 41.4 Å². The third kappa shape index (κ3) is 0.805. The van der Waals surface area contributed by atoms with Crippen LogP contribution in [0.25, 0.3) is 0 Å². The fraction of sp³-hybridized carbons (Fsp3) is 1.00. The number of ether oxygens (including phenoxy) is 1. The molecule has 7 rings (SSSR count). The lowest BCUT2D eigenvalue weighted by Crippen LogP contribution is -2.67. The molecule has 8 bridgehead atoms. The summed E-state index contributed by atoms with van der Waals surface area (Å²) < 4.78 is 5.98. The highest BCUT2D eigenvalue weighted by Gasteiger charge is 2.67. The summed E-state index contributed by atoms with van der Waals surface area (Å²) in [5.74, 6) is 7.74. The quantitative estimate of drug-likeness (QED) is 0.657. The van der Waals surface area contributed by atoms with Crippen molar-refractivity contribution in [1.82, 2.24) is 0 Å². The molecule has 7 aliphatic rings. The van der Waals surface area contributed by atoms with Gasteiger partial charge in [-0.05, 0) is 80.0 Å². The van der Waals surface area contributed by atoms with E-state index in [1.165, 1.54) is 19.3 Å². The lowest BCUT2D eigenvalue weighted by atomic mass is 9.35. The van der Waals surface area contributed by atoms with Crippen molar-refractivity contribution in [1.29, 1.82) is 0 Å². The highest BCUT2D eigenvalue weighted by molar-refractivity contribution is 5.17. The van der Waals surface area contributed by atoms with Crippen LogP contribution in [0.4, 0.5) is 0 Å².